The van der Waals surface area contributed by atoms with E-state index in [9.17, 15) is 9.90 Å². The molecule has 0 aliphatic carbocycles. The first-order chi connectivity index (χ1) is 9.18. The number of aromatic nitrogens is 3. The number of fused-ring (bicyclic) bond motifs is 1. The normalized spacial score (nSPS) is 15.9. The Morgan fingerprint density at radius 3 is 2.84 bits per heavy atom. The van der Waals surface area contributed by atoms with Crippen LogP contribution in [0.25, 0.3) is 5.65 Å². The van der Waals surface area contributed by atoms with Crippen LogP contribution < -0.4 is 4.90 Å². The average Bonchev–Trinajstić information content (AvgIpc) is 2.75. The van der Waals surface area contributed by atoms with Gasteiger partial charge in [-0.25, -0.2) is 14.8 Å². The molecule has 0 amide bonds. The van der Waals surface area contributed by atoms with Crippen molar-refractivity contribution in [3.8, 4) is 0 Å². The van der Waals surface area contributed by atoms with Crippen molar-refractivity contribution in [2.75, 3.05) is 31.2 Å². The third-order valence-electron chi connectivity index (χ3n) is 3.21. The number of anilines is 1. The summed E-state index contributed by atoms with van der Waals surface area (Å²) in [5.41, 5.74) is 1.27. The Morgan fingerprint density at radius 1 is 1.42 bits per heavy atom. The predicted octanol–water partition coefficient (Wildman–Crippen LogP) is 0.573. The van der Waals surface area contributed by atoms with E-state index in [0.717, 1.165) is 13.1 Å². The van der Waals surface area contributed by atoms with Gasteiger partial charge >= 0.3 is 5.97 Å². The van der Waals surface area contributed by atoms with Gasteiger partial charge in [0.1, 0.15) is 0 Å². The molecule has 0 aromatic carbocycles. The minimum Gasteiger partial charge on any atom is -0.477 e. The maximum atomic E-state index is 11.3. The molecule has 0 saturated carbocycles. The number of aromatic carboxylic acids is 1. The molecule has 0 atom stereocenters. The second-order valence-electron chi connectivity index (χ2n) is 4.39. The molecule has 0 unspecified atom stereocenters. The third kappa shape index (κ3) is 1.91. The summed E-state index contributed by atoms with van der Waals surface area (Å²) in [6, 6.07) is 0. The summed E-state index contributed by atoms with van der Waals surface area (Å²) in [4.78, 5) is 22.0. The predicted molar refractivity (Wildman–Crippen MR) is 67.7 cm³/mol. The van der Waals surface area contributed by atoms with E-state index in [1.165, 1.54) is 0 Å². The Balaban J connectivity index is 2.15. The summed E-state index contributed by atoms with van der Waals surface area (Å²) in [6.45, 7) is 4.46. The van der Waals surface area contributed by atoms with Gasteiger partial charge in [-0.05, 0) is 6.92 Å². The van der Waals surface area contributed by atoms with Gasteiger partial charge in [-0.1, -0.05) is 0 Å². The van der Waals surface area contributed by atoms with E-state index in [2.05, 4.69) is 14.9 Å². The number of carboxylic acids is 1. The smallest absolute Gasteiger partial charge is 0.354 e. The minimum absolute atomic E-state index is 0.187. The largest absolute Gasteiger partial charge is 0.477 e. The lowest BCUT2D eigenvalue weighted by Crippen LogP contribution is -2.37. The van der Waals surface area contributed by atoms with Crippen LogP contribution in [-0.4, -0.2) is 51.7 Å². The Bertz CT molecular complexity index is 631. The van der Waals surface area contributed by atoms with Crippen LogP contribution in [0.5, 0.6) is 0 Å². The van der Waals surface area contributed by atoms with Gasteiger partial charge in [-0.3, -0.25) is 4.40 Å². The van der Waals surface area contributed by atoms with Crippen molar-refractivity contribution < 1.29 is 14.6 Å². The van der Waals surface area contributed by atoms with E-state index >= 15 is 0 Å². The van der Waals surface area contributed by atoms with Crippen LogP contribution in [0.15, 0.2) is 12.4 Å². The van der Waals surface area contributed by atoms with E-state index in [-0.39, 0.29) is 5.69 Å². The first-order valence-corrected chi connectivity index (χ1v) is 6.08. The number of ether oxygens (including phenoxy) is 1. The molecule has 1 aliphatic heterocycles. The van der Waals surface area contributed by atoms with Gasteiger partial charge in [-0.2, -0.15) is 0 Å². The fraction of sp³-hybridized carbons (Fsp3) is 0.417. The maximum absolute atomic E-state index is 11.3. The molecule has 19 heavy (non-hydrogen) atoms. The van der Waals surface area contributed by atoms with Crippen molar-refractivity contribution in [2.24, 2.45) is 0 Å². The summed E-state index contributed by atoms with van der Waals surface area (Å²) < 4.78 is 6.89. The lowest BCUT2D eigenvalue weighted by molar-refractivity contribution is 0.0688. The van der Waals surface area contributed by atoms with Gasteiger partial charge in [0.2, 0.25) is 0 Å². The second kappa shape index (κ2) is 4.51. The number of morpholine rings is 1. The van der Waals surface area contributed by atoms with Crippen LogP contribution in [0.4, 0.5) is 5.82 Å². The molecule has 7 nitrogen and oxygen atoms in total. The summed E-state index contributed by atoms with van der Waals surface area (Å²) in [5.74, 6) is -0.273. The molecule has 1 saturated heterocycles. The van der Waals surface area contributed by atoms with Crippen LogP contribution in [0.1, 0.15) is 16.2 Å². The number of carbonyl (C=O) groups is 1. The van der Waals surface area contributed by atoms with Crippen molar-refractivity contribution in [3.63, 3.8) is 0 Å². The van der Waals surface area contributed by atoms with Crippen LogP contribution in [0.2, 0.25) is 0 Å². The number of imidazole rings is 1. The van der Waals surface area contributed by atoms with Crippen molar-refractivity contribution in [3.05, 3.63) is 23.8 Å². The van der Waals surface area contributed by atoms with Crippen LogP contribution in [-0.2, 0) is 4.74 Å². The number of carboxylic acid groups (broad SMARTS) is 1. The summed E-state index contributed by atoms with van der Waals surface area (Å²) >= 11 is 0. The topological polar surface area (TPSA) is 80.0 Å². The van der Waals surface area contributed by atoms with Gasteiger partial charge in [0.05, 0.1) is 18.9 Å². The molecule has 0 radical (unpaired) electrons. The lowest BCUT2D eigenvalue weighted by Gasteiger charge is -2.27. The molecule has 3 rings (SSSR count). The molecule has 1 aliphatic rings. The number of hydrogen-bond donors (Lipinski definition) is 1. The fourth-order valence-corrected chi connectivity index (χ4v) is 2.33. The van der Waals surface area contributed by atoms with Crippen LogP contribution in [0, 0.1) is 6.92 Å². The summed E-state index contributed by atoms with van der Waals surface area (Å²) in [7, 11) is 0. The van der Waals surface area contributed by atoms with Gasteiger partial charge in [0, 0.05) is 25.5 Å². The summed E-state index contributed by atoms with van der Waals surface area (Å²) in [6.07, 6.45) is 3.23. The van der Waals surface area contributed by atoms with Gasteiger partial charge in [-0.15, -0.1) is 0 Å². The molecule has 2 aromatic rings. The molecule has 0 bridgehead atoms. The first-order valence-electron chi connectivity index (χ1n) is 6.08. The highest BCUT2D eigenvalue weighted by atomic mass is 16.5. The Kier molecular flexibility index (Phi) is 2.83. The third-order valence-corrected chi connectivity index (χ3v) is 3.21. The zero-order valence-electron chi connectivity index (χ0n) is 10.5. The maximum Gasteiger partial charge on any atom is 0.354 e. The molecule has 1 N–H and O–H groups in total. The minimum atomic E-state index is -0.982. The van der Waals surface area contributed by atoms with Crippen molar-refractivity contribution in [1.82, 2.24) is 14.4 Å². The molecule has 100 valence electrons. The standard InChI is InChI=1S/C12H14N4O3/c1-8-9(12(17)18)16-3-2-13-10(11(16)14-8)15-4-6-19-7-5-15/h2-3H,4-7H2,1H3,(H,17,18). The van der Waals surface area contributed by atoms with E-state index in [0.29, 0.717) is 30.4 Å². The number of rotatable bonds is 2. The van der Waals surface area contributed by atoms with E-state index in [1.807, 2.05) is 0 Å². The highest BCUT2D eigenvalue weighted by Gasteiger charge is 2.21. The van der Waals surface area contributed by atoms with E-state index < -0.39 is 5.97 Å². The van der Waals surface area contributed by atoms with Crippen molar-refractivity contribution >= 4 is 17.4 Å². The number of aryl methyl sites for hydroxylation is 1. The Labute approximate surface area is 109 Å². The van der Waals surface area contributed by atoms with E-state index in [4.69, 9.17) is 4.74 Å². The zero-order chi connectivity index (χ0) is 13.4. The molecule has 7 heteroatoms. The van der Waals surface area contributed by atoms with Crippen molar-refractivity contribution in [1.29, 1.82) is 0 Å². The highest BCUT2D eigenvalue weighted by Crippen LogP contribution is 2.21. The number of hydrogen-bond acceptors (Lipinski definition) is 5. The van der Waals surface area contributed by atoms with Crippen LogP contribution in [0.3, 0.4) is 0 Å². The second-order valence-corrected chi connectivity index (χ2v) is 4.39. The Hall–Kier alpha value is -2.15. The highest BCUT2D eigenvalue weighted by molar-refractivity contribution is 5.89. The molecular weight excluding hydrogens is 248 g/mol. The molecular formula is C12H14N4O3. The molecule has 2 aromatic heterocycles. The monoisotopic (exact) mass is 262 g/mol. The van der Waals surface area contributed by atoms with Gasteiger partial charge in [0.25, 0.3) is 0 Å². The first kappa shape index (κ1) is 11.9. The van der Waals surface area contributed by atoms with E-state index in [1.54, 1.807) is 23.7 Å². The summed E-state index contributed by atoms with van der Waals surface area (Å²) in [5, 5.41) is 9.24. The zero-order valence-corrected chi connectivity index (χ0v) is 10.5. The average molecular weight is 262 g/mol. The molecule has 1 fully saturated rings. The van der Waals surface area contributed by atoms with Gasteiger partial charge < -0.3 is 14.7 Å². The SMILES string of the molecule is Cc1nc2c(N3CCOCC3)nccn2c1C(=O)O. The fourth-order valence-electron chi connectivity index (χ4n) is 2.33. The van der Waals surface area contributed by atoms with Crippen LogP contribution >= 0.6 is 0 Å². The number of nitrogens with zero attached hydrogens (tertiary/aromatic N) is 4. The molecule has 0 spiro atoms. The quantitative estimate of drug-likeness (QED) is 0.852. The Morgan fingerprint density at radius 2 is 2.16 bits per heavy atom. The lowest BCUT2D eigenvalue weighted by atomic mass is 10.3. The van der Waals surface area contributed by atoms with Crippen molar-refractivity contribution in [2.45, 2.75) is 6.92 Å². The molecule has 3 heterocycles. The van der Waals surface area contributed by atoms with Gasteiger partial charge in [0.15, 0.2) is 17.2 Å².